The van der Waals surface area contributed by atoms with E-state index in [2.05, 4.69) is 15.9 Å². The summed E-state index contributed by atoms with van der Waals surface area (Å²) in [7, 11) is 0. The number of benzene rings is 1. The van der Waals surface area contributed by atoms with Crippen LogP contribution < -0.4 is 0 Å². The van der Waals surface area contributed by atoms with E-state index < -0.39 is 38.4 Å². The number of carboxylic acids is 1. The zero-order valence-corrected chi connectivity index (χ0v) is 9.37. The first-order chi connectivity index (χ1) is 7.66. The van der Waals surface area contributed by atoms with Crippen LogP contribution in [0.3, 0.4) is 0 Å². The van der Waals surface area contributed by atoms with Gasteiger partial charge in [0.2, 0.25) is 0 Å². The van der Waals surface area contributed by atoms with E-state index in [1.54, 1.807) is 0 Å². The van der Waals surface area contributed by atoms with E-state index in [-0.39, 0.29) is 0 Å². The van der Waals surface area contributed by atoms with Crippen LogP contribution in [0.15, 0.2) is 16.6 Å². The fraction of sp³-hybridized carbons (Fsp3) is 0.125. The Morgan fingerprint density at radius 3 is 2.29 bits per heavy atom. The van der Waals surface area contributed by atoms with Crippen molar-refractivity contribution < 1.29 is 28.0 Å². The molecular weight excluding hydrogens is 311 g/mol. The van der Waals surface area contributed by atoms with Crippen molar-refractivity contribution in [2.24, 2.45) is 0 Å². The van der Waals surface area contributed by atoms with Gasteiger partial charge in [0, 0.05) is 0 Å². The van der Waals surface area contributed by atoms with Crippen LogP contribution in [0.4, 0.5) is 18.9 Å². The maximum atomic E-state index is 12.4. The highest BCUT2D eigenvalue weighted by atomic mass is 79.9. The van der Waals surface area contributed by atoms with Gasteiger partial charge >= 0.3 is 12.1 Å². The molecule has 0 heterocycles. The van der Waals surface area contributed by atoms with Crippen LogP contribution in [0.1, 0.15) is 15.9 Å². The first kappa shape index (κ1) is 13.4. The van der Waals surface area contributed by atoms with Crippen molar-refractivity contribution >= 4 is 27.6 Å². The summed E-state index contributed by atoms with van der Waals surface area (Å²) >= 11 is 2.50. The lowest BCUT2D eigenvalue weighted by Gasteiger charge is -2.09. The lowest BCUT2D eigenvalue weighted by molar-refractivity contribution is -0.388. The number of aromatic carboxylic acids is 1. The van der Waals surface area contributed by atoms with Gasteiger partial charge in [0.15, 0.2) is 0 Å². The second-order valence-corrected chi connectivity index (χ2v) is 3.68. The average molecular weight is 314 g/mol. The van der Waals surface area contributed by atoms with E-state index in [4.69, 9.17) is 5.11 Å². The monoisotopic (exact) mass is 313 g/mol. The van der Waals surface area contributed by atoms with Crippen LogP contribution in [0.25, 0.3) is 0 Å². The first-order valence-electron chi connectivity index (χ1n) is 3.93. The van der Waals surface area contributed by atoms with Crippen LogP contribution in [0, 0.1) is 10.1 Å². The third-order valence-electron chi connectivity index (χ3n) is 1.83. The van der Waals surface area contributed by atoms with E-state index in [1.807, 2.05) is 0 Å². The Morgan fingerprint density at radius 2 is 1.94 bits per heavy atom. The summed E-state index contributed by atoms with van der Waals surface area (Å²) in [6.07, 6.45) is -4.93. The zero-order valence-electron chi connectivity index (χ0n) is 7.79. The van der Waals surface area contributed by atoms with Crippen molar-refractivity contribution in [2.75, 3.05) is 0 Å². The van der Waals surface area contributed by atoms with E-state index >= 15 is 0 Å². The summed E-state index contributed by atoms with van der Waals surface area (Å²) in [6, 6.07) is 1.02. The number of alkyl halides is 3. The van der Waals surface area contributed by atoms with Crippen LogP contribution in [-0.4, -0.2) is 16.0 Å². The molecule has 0 aliphatic carbocycles. The Balaban J connectivity index is 3.63. The molecular formula is C8H3BrF3NO4. The predicted molar refractivity (Wildman–Crippen MR) is 52.8 cm³/mol. The molecule has 0 unspecified atom stereocenters. The molecule has 0 fully saturated rings. The first-order valence-corrected chi connectivity index (χ1v) is 4.73. The molecule has 0 spiro atoms. The highest BCUT2D eigenvalue weighted by Gasteiger charge is 2.40. The van der Waals surface area contributed by atoms with Gasteiger partial charge in [-0.25, -0.2) is 4.79 Å². The molecule has 0 saturated carbocycles. The largest absolute Gasteiger partial charge is 0.478 e. The molecule has 0 aromatic heterocycles. The van der Waals surface area contributed by atoms with Gasteiger partial charge in [0.25, 0.3) is 5.69 Å². The number of nitro benzene ring substituents is 1. The number of nitro groups is 1. The van der Waals surface area contributed by atoms with Crippen molar-refractivity contribution in [3.05, 3.63) is 37.8 Å². The molecule has 0 saturated heterocycles. The number of halogens is 4. The van der Waals surface area contributed by atoms with Gasteiger partial charge in [0.1, 0.15) is 10.0 Å². The SMILES string of the molecule is O=C(O)c1ccc(C(F)(F)F)c([N+](=O)[O-])c1Br. The highest BCUT2D eigenvalue weighted by molar-refractivity contribution is 9.10. The Hall–Kier alpha value is -1.64. The molecule has 1 rings (SSSR count). The fourth-order valence-corrected chi connectivity index (χ4v) is 1.80. The molecule has 0 atom stereocenters. The summed E-state index contributed by atoms with van der Waals surface area (Å²) in [5.74, 6) is -1.56. The standard InChI is InChI=1S/C8H3BrF3NO4/c9-5-3(7(14)15)1-2-4(8(10,11)12)6(5)13(16)17/h1-2H,(H,14,15). The number of carboxylic acid groups (broad SMARTS) is 1. The third-order valence-corrected chi connectivity index (χ3v) is 2.64. The second kappa shape index (κ2) is 4.32. The van der Waals surface area contributed by atoms with Gasteiger partial charge in [-0.3, -0.25) is 10.1 Å². The molecule has 9 heteroatoms. The lowest BCUT2D eigenvalue weighted by Crippen LogP contribution is -2.11. The summed E-state index contributed by atoms with van der Waals surface area (Å²) in [4.78, 5) is 19.9. The molecule has 0 amide bonds. The number of rotatable bonds is 2. The van der Waals surface area contributed by atoms with E-state index in [1.165, 1.54) is 0 Å². The molecule has 1 aromatic carbocycles. The van der Waals surface area contributed by atoms with Crippen molar-refractivity contribution in [2.45, 2.75) is 6.18 Å². The minimum absolute atomic E-state index is 0.367. The van der Waals surface area contributed by atoms with Crippen molar-refractivity contribution in [3.63, 3.8) is 0 Å². The maximum Gasteiger partial charge on any atom is 0.423 e. The number of hydrogen-bond acceptors (Lipinski definition) is 3. The van der Waals surface area contributed by atoms with E-state index in [9.17, 15) is 28.1 Å². The second-order valence-electron chi connectivity index (χ2n) is 2.88. The Labute approximate surface area is 100 Å². The van der Waals surface area contributed by atoms with Gasteiger partial charge < -0.3 is 5.11 Å². The average Bonchev–Trinajstić information content (AvgIpc) is 2.14. The summed E-state index contributed by atoms with van der Waals surface area (Å²) < 4.78 is 36.6. The lowest BCUT2D eigenvalue weighted by atomic mass is 10.1. The van der Waals surface area contributed by atoms with Crippen LogP contribution in [-0.2, 0) is 6.18 Å². The van der Waals surface area contributed by atoms with Crippen molar-refractivity contribution in [1.29, 1.82) is 0 Å². The van der Waals surface area contributed by atoms with E-state index in [0.717, 1.165) is 0 Å². The van der Waals surface area contributed by atoms with E-state index in [0.29, 0.717) is 12.1 Å². The molecule has 17 heavy (non-hydrogen) atoms. The molecule has 0 aliphatic rings. The third kappa shape index (κ3) is 2.54. The fourth-order valence-electron chi connectivity index (χ4n) is 1.14. The minimum atomic E-state index is -4.93. The summed E-state index contributed by atoms with van der Waals surface area (Å²) in [5.41, 5.74) is -3.42. The normalized spacial score (nSPS) is 11.3. The van der Waals surface area contributed by atoms with Gasteiger partial charge in [-0.1, -0.05) is 0 Å². The van der Waals surface area contributed by atoms with Crippen molar-refractivity contribution in [3.8, 4) is 0 Å². The quantitative estimate of drug-likeness (QED) is 0.672. The zero-order chi connectivity index (χ0) is 13.4. The molecule has 5 nitrogen and oxygen atoms in total. The Bertz CT molecular complexity index is 500. The number of nitrogens with zero attached hydrogens (tertiary/aromatic N) is 1. The van der Waals surface area contributed by atoms with Crippen LogP contribution in [0.5, 0.6) is 0 Å². The Morgan fingerprint density at radius 1 is 1.41 bits per heavy atom. The predicted octanol–water partition coefficient (Wildman–Crippen LogP) is 3.07. The van der Waals surface area contributed by atoms with Crippen LogP contribution in [0.2, 0.25) is 0 Å². The molecule has 92 valence electrons. The highest BCUT2D eigenvalue weighted by Crippen LogP contribution is 2.41. The van der Waals surface area contributed by atoms with Gasteiger partial charge in [-0.05, 0) is 28.1 Å². The maximum absolute atomic E-state index is 12.4. The van der Waals surface area contributed by atoms with Gasteiger partial charge in [0.05, 0.1) is 10.5 Å². The van der Waals surface area contributed by atoms with Gasteiger partial charge in [-0.2, -0.15) is 13.2 Å². The topological polar surface area (TPSA) is 80.4 Å². The minimum Gasteiger partial charge on any atom is -0.478 e. The summed E-state index contributed by atoms with van der Waals surface area (Å²) in [6.45, 7) is 0. The van der Waals surface area contributed by atoms with Crippen molar-refractivity contribution in [1.82, 2.24) is 0 Å². The molecule has 0 aliphatic heterocycles. The smallest absolute Gasteiger partial charge is 0.423 e. The summed E-state index contributed by atoms with van der Waals surface area (Å²) in [5, 5.41) is 19.2. The van der Waals surface area contributed by atoms with Crippen LogP contribution >= 0.6 is 15.9 Å². The molecule has 0 radical (unpaired) electrons. The van der Waals surface area contributed by atoms with Gasteiger partial charge in [-0.15, -0.1) is 0 Å². The molecule has 1 N–H and O–H groups in total. The number of hydrogen-bond donors (Lipinski definition) is 1. The molecule has 1 aromatic rings. The Kier molecular flexibility index (Phi) is 3.41. The molecule has 0 bridgehead atoms. The number of carbonyl (C=O) groups is 1.